The molecule has 7 heteroatoms. The lowest BCUT2D eigenvalue weighted by Gasteiger charge is -2.19. The maximum Gasteiger partial charge on any atom is 0.251 e. The molecule has 1 heterocycles. The van der Waals surface area contributed by atoms with Crippen LogP contribution in [0.15, 0.2) is 54.6 Å². The third-order valence-corrected chi connectivity index (χ3v) is 5.72. The van der Waals surface area contributed by atoms with E-state index < -0.39 is 11.8 Å². The zero-order valence-corrected chi connectivity index (χ0v) is 17.3. The van der Waals surface area contributed by atoms with Gasteiger partial charge in [0.05, 0.1) is 11.4 Å². The first-order valence-corrected chi connectivity index (χ1v) is 10.4. The van der Waals surface area contributed by atoms with Crippen molar-refractivity contribution in [1.82, 2.24) is 15.8 Å². The van der Waals surface area contributed by atoms with Crippen molar-refractivity contribution in [2.45, 2.75) is 38.8 Å². The third kappa shape index (κ3) is 4.67. The van der Waals surface area contributed by atoms with Crippen molar-refractivity contribution in [3.8, 4) is 5.75 Å². The molecule has 0 unspecified atom stereocenters. The van der Waals surface area contributed by atoms with Gasteiger partial charge in [0, 0.05) is 28.2 Å². The van der Waals surface area contributed by atoms with Gasteiger partial charge in [-0.25, -0.2) is 5.48 Å². The Morgan fingerprint density at radius 3 is 2.68 bits per heavy atom. The molecule has 1 fully saturated rings. The molecule has 3 aromatic rings. The number of aromatic nitrogens is 1. The maximum atomic E-state index is 12.6. The van der Waals surface area contributed by atoms with E-state index in [2.05, 4.69) is 10.3 Å². The van der Waals surface area contributed by atoms with Gasteiger partial charge >= 0.3 is 0 Å². The predicted molar refractivity (Wildman–Crippen MR) is 116 cm³/mol. The number of hydroxylamine groups is 1. The molecule has 1 aromatic heterocycles. The summed E-state index contributed by atoms with van der Waals surface area (Å²) < 4.78 is 5.95. The monoisotopic (exact) mass is 419 g/mol. The van der Waals surface area contributed by atoms with Crippen molar-refractivity contribution in [2.24, 2.45) is 5.92 Å². The molecule has 2 atom stereocenters. The second-order valence-corrected chi connectivity index (χ2v) is 7.85. The molecular weight excluding hydrogens is 394 g/mol. The largest absolute Gasteiger partial charge is 0.489 e. The zero-order chi connectivity index (χ0) is 21.8. The first kappa shape index (κ1) is 20.8. The fourth-order valence-corrected chi connectivity index (χ4v) is 4.16. The lowest BCUT2D eigenvalue weighted by Crippen LogP contribution is -2.43. The molecule has 0 saturated heterocycles. The minimum Gasteiger partial charge on any atom is -0.489 e. The summed E-state index contributed by atoms with van der Waals surface area (Å²) in [5, 5.41) is 12.8. The van der Waals surface area contributed by atoms with Gasteiger partial charge in [-0.2, -0.15) is 0 Å². The van der Waals surface area contributed by atoms with Crippen molar-refractivity contribution in [3.05, 3.63) is 71.4 Å². The molecule has 1 aliphatic rings. The minimum atomic E-state index is -0.453. The van der Waals surface area contributed by atoms with E-state index in [0.717, 1.165) is 28.6 Å². The van der Waals surface area contributed by atoms with Crippen LogP contribution in [0.5, 0.6) is 5.75 Å². The molecule has 31 heavy (non-hydrogen) atoms. The Balaban J connectivity index is 1.40. The number of fused-ring (bicyclic) bond motifs is 1. The Hall–Kier alpha value is -3.45. The smallest absolute Gasteiger partial charge is 0.251 e. The Morgan fingerprint density at radius 1 is 1.13 bits per heavy atom. The van der Waals surface area contributed by atoms with E-state index in [1.165, 1.54) is 0 Å². The summed E-state index contributed by atoms with van der Waals surface area (Å²) in [4.78, 5) is 28.9. The zero-order valence-electron chi connectivity index (χ0n) is 17.3. The molecule has 0 bridgehead atoms. The summed E-state index contributed by atoms with van der Waals surface area (Å²) in [5.74, 6) is -0.445. The molecule has 3 N–H and O–H groups in total. The molecule has 1 saturated carbocycles. The van der Waals surface area contributed by atoms with Gasteiger partial charge in [0.1, 0.15) is 12.4 Å². The molecule has 2 aromatic carbocycles. The number of amides is 2. The van der Waals surface area contributed by atoms with Gasteiger partial charge in [-0.05, 0) is 56.2 Å². The third-order valence-electron chi connectivity index (χ3n) is 5.72. The van der Waals surface area contributed by atoms with E-state index in [1.807, 2.05) is 37.3 Å². The van der Waals surface area contributed by atoms with Gasteiger partial charge in [0.25, 0.3) is 5.91 Å². The van der Waals surface area contributed by atoms with Crippen LogP contribution in [-0.2, 0) is 11.4 Å². The first-order chi connectivity index (χ1) is 15.0. The van der Waals surface area contributed by atoms with E-state index in [1.54, 1.807) is 29.7 Å². The number of rotatable bonds is 6. The van der Waals surface area contributed by atoms with Crippen LogP contribution in [0.2, 0.25) is 0 Å². The first-order valence-electron chi connectivity index (χ1n) is 10.4. The van der Waals surface area contributed by atoms with Crippen LogP contribution in [0.25, 0.3) is 10.9 Å². The molecular formula is C24H25N3O4. The van der Waals surface area contributed by atoms with Gasteiger partial charge in [-0.3, -0.25) is 19.8 Å². The highest BCUT2D eigenvalue weighted by Gasteiger charge is 2.34. The highest BCUT2D eigenvalue weighted by atomic mass is 16.5. The lowest BCUT2D eigenvalue weighted by atomic mass is 10.0. The van der Waals surface area contributed by atoms with Crippen molar-refractivity contribution < 1.29 is 19.5 Å². The van der Waals surface area contributed by atoms with Gasteiger partial charge in [-0.1, -0.05) is 24.6 Å². The Kier molecular flexibility index (Phi) is 6.13. The number of hydrogen-bond donors (Lipinski definition) is 3. The van der Waals surface area contributed by atoms with Crippen LogP contribution in [0.4, 0.5) is 0 Å². The molecule has 7 nitrogen and oxygen atoms in total. The van der Waals surface area contributed by atoms with E-state index in [9.17, 15) is 9.59 Å². The Bertz CT molecular complexity index is 1100. The summed E-state index contributed by atoms with van der Waals surface area (Å²) in [6.07, 6.45) is 2.19. The van der Waals surface area contributed by atoms with Gasteiger partial charge in [-0.15, -0.1) is 0 Å². The SMILES string of the molecule is Cc1cc(COc2ccc(C(=O)N[C@@H]3CCC[C@@H]3C(=O)NO)cc2)c2ccccc2n1. The number of benzene rings is 2. The molecule has 4 rings (SSSR count). The molecule has 0 spiro atoms. The highest BCUT2D eigenvalue weighted by Crippen LogP contribution is 2.26. The van der Waals surface area contributed by atoms with Gasteiger partial charge < -0.3 is 10.1 Å². The fourth-order valence-electron chi connectivity index (χ4n) is 4.16. The average Bonchev–Trinajstić information content (AvgIpc) is 3.25. The number of hydrogen-bond acceptors (Lipinski definition) is 5. The van der Waals surface area contributed by atoms with Crippen LogP contribution in [0.3, 0.4) is 0 Å². The second-order valence-electron chi connectivity index (χ2n) is 7.85. The van der Waals surface area contributed by atoms with Crippen molar-refractivity contribution in [2.75, 3.05) is 0 Å². The second kappa shape index (κ2) is 9.14. The topological polar surface area (TPSA) is 101 Å². The van der Waals surface area contributed by atoms with Crippen LogP contribution >= 0.6 is 0 Å². The molecule has 0 radical (unpaired) electrons. The van der Waals surface area contributed by atoms with E-state index in [4.69, 9.17) is 9.94 Å². The normalized spacial score (nSPS) is 18.0. The molecule has 2 amide bonds. The summed E-state index contributed by atoms with van der Waals surface area (Å²) in [6.45, 7) is 2.36. The summed E-state index contributed by atoms with van der Waals surface area (Å²) in [6, 6.07) is 16.6. The number of carbonyl (C=O) groups excluding carboxylic acids is 2. The van der Waals surface area contributed by atoms with Crippen LogP contribution in [-0.4, -0.2) is 28.0 Å². The minimum absolute atomic E-state index is 0.245. The number of nitrogens with one attached hydrogen (secondary N) is 2. The standard InChI is InChI=1S/C24H25N3O4/c1-15-13-17(19-5-2-3-7-21(19)25-15)14-31-18-11-9-16(10-12-18)23(28)26-22-8-4-6-20(22)24(29)27-30/h2-3,5,7,9-13,20,22,30H,4,6,8,14H2,1H3,(H,26,28)(H,27,29)/t20-,22+/m0/s1. The summed E-state index contributed by atoms with van der Waals surface area (Å²) in [7, 11) is 0. The van der Waals surface area contributed by atoms with Gasteiger partial charge in [0.2, 0.25) is 5.91 Å². The van der Waals surface area contributed by atoms with Crippen molar-refractivity contribution in [3.63, 3.8) is 0 Å². The number of pyridine rings is 1. The molecule has 1 aliphatic carbocycles. The predicted octanol–water partition coefficient (Wildman–Crippen LogP) is 3.53. The number of aryl methyl sites for hydroxylation is 1. The maximum absolute atomic E-state index is 12.6. The molecule has 0 aliphatic heterocycles. The van der Waals surface area contributed by atoms with Crippen molar-refractivity contribution >= 4 is 22.7 Å². The van der Waals surface area contributed by atoms with E-state index >= 15 is 0 Å². The van der Waals surface area contributed by atoms with Gasteiger partial charge in [0.15, 0.2) is 0 Å². The van der Waals surface area contributed by atoms with Crippen LogP contribution in [0.1, 0.15) is 40.9 Å². The number of para-hydroxylation sites is 1. The van der Waals surface area contributed by atoms with E-state index in [0.29, 0.717) is 30.8 Å². The lowest BCUT2D eigenvalue weighted by molar-refractivity contribution is -0.133. The average molecular weight is 419 g/mol. The number of ether oxygens (including phenoxy) is 1. The quantitative estimate of drug-likeness (QED) is 0.419. The molecule has 160 valence electrons. The Morgan fingerprint density at radius 2 is 1.90 bits per heavy atom. The number of carbonyl (C=O) groups is 2. The highest BCUT2D eigenvalue weighted by molar-refractivity contribution is 5.95. The van der Waals surface area contributed by atoms with E-state index in [-0.39, 0.29) is 11.9 Å². The summed E-state index contributed by atoms with van der Waals surface area (Å²) >= 11 is 0. The number of nitrogens with zero attached hydrogens (tertiary/aromatic N) is 1. The fraction of sp³-hybridized carbons (Fsp3) is 0.292. The Labute approximate surface area is 180 Å². The van der Waals surface area contributed by atoms with Crippen LogP contribution in [0, 0.1) is 12.8 Å². The summed E-state index contributed by atoms with van der Waals surface area (Å²) in [5.41, 5.74) is 5.11. The van der Waals surface area contributed by atoms with Crippen LogP contribution < -0.4 is 15.5 Å². The van der Waals surface area contributed by atoms with Crippen molar-refractivity contribution in [1.29, 1.82) is 0 Å².